The first-order chi connectivity index (χ1) is 12.6. The Balaban J connectivity index is 1.87. The van der Waals surface area contributed by atoms with Crippen molar-refractivity contribution < 1.29 is 19.1 Å². The smallest absolute Gasteiger partial charge is 0.306 e. The van der Waals surface area contributed by atoms with E-state index < -0.39 is 0 Å². The molecule has 1 amide bonds. The van der Waals surface area contributed by atoms with Gasteiger partial charge in [-0.25, -0.2) is 0 Å². The lowest BCUT2D eigenvalue weighted by Crippen LogP contribution is -2.07. The standard InChI is InChI=1S/C21H19NO4/c1-25-13-7-8-14-16(11-13)12(10-19(23)26-2)9-17(14)20-15-5-3-4-6-18(15)22-21(20)24/h3-8,11-12H,9-10H2,1-2H3,(H,22,24)/b20-17-. The lowest BCUT2D eigenvalue weighted by atomic mass is 9.96. The zero-order valence-electron chi connectivity index (χ0n) is 14.7. The molecular weight excluding hydrogens is 330 g/mol. The molecule has 0 saturated heterocycles. The van der Waals surface area contributed by atoms with E-state index in [1.165, 1.54) is 7.11 Å². The second-order valence-electron chi connectivity index (χ2n) is 6.49. The molecule has 2 aromatic rings. The number of methoxy groups -OCH3 is 2. The van der Waals surface area contributed by atoms with Gasteiger partial charge in [0, 0.05) is 11.3 Å². The molecule has 1 aliphatic carbocycles. The molecular formula is C21H19NO4. The Morgan fingerprint density at radius 3 is 2.73 bits per heavy atom. The Labute approximate surface area is 151 Å². The molecule has 132 valence electrons. The number of esters is 1. The molecule has 0 saturated carbocycles. The summed E-state index contributed by atoms with van der Waals surface area (Å²) in [6.07, 6.45) is 0.894. The number of rotatable bonds is 3. The minimum absolute atomic E-state index is 0.0318. The van der Waals surface area contributed by atoms with Crippen LogP contribution in [0.2, 0.25) is 0 Å². The summed E-state index contributed by atoms with van der Waals surface area (Å²) < 4.78 is 10.2. The summed E-state index contributed by atoms with van der Waals surface area (Å²) in [5, 5.41) is 2.93. The van der Waals surface area contributed by atoms with Crippen LogP contribution in [-0.4, -0.2) is 26.1 Å². The first kappa shape index (κ1) is 16.4. The average Bonchev–Trinajstić information content (AvgIpc) is 3.17. The van der Waals surface area contributed by atoms with Gasteiger partial charge in [-0.15, -0.1) is 0 Å². The van der Waals surface area contributed by atoms with E-state index in [4.69, 9.17) is 9.47 Å². The molecule has 0 fully saturated rings. The van der Waals surface area contributed by atoms with Gasteiger partial charge in [-0.1, -0.05) is 24.3 Å². The first-order valence-electron chi connectivity index (χ1n) is 8.51. The van der Waals surface area contributed by atoms with Crippen LogP contribution in [0, 0.1) is 0 Å². The zero-order chi connectivity index (χ0) is 18.3. The summed E-state index contributed by atoms with van der Waals surface area (Å²) in [5.74, 6) is 0.352. The Morgan fingerprint density at radius 2 is 1.96 bits per heavy atom. The molecule has 1 N–H and O–H groups in total. The number of fused-ring (bicyclic) bond motifs is 2. The summed E-state index contributed by atoms with van der Waals surface area (Å²) >= 11 is 0. The maximum Gasteiger partial charge on any atom is 0.306 e. The van der Waals surface area contributed by atoms with Crippen molar-refractivity contribution >= 4 is 28.7 Å². The predicted molar refractivity (Wildman–Crippen MR) is 98.9 cm³/mol. The average molecular weight is 349 g/mol. The van der Waals surface area contributed by atoms with Crippen LogP contribution >= 0.6 is 0 Å². The van der Waals surface area contributed by atoms with Crippen molar-refractivity contribution in [3.05, 3.63) is 59.2 Å². The monoisotopic (exact) mass is 349 g/mol. The fraction of sp³-hybridized carbons (Fsp3) is 0.238. The van der Waals surface area contributed by atoms with Gasteiger partial charge in [0.15, 0.2) is 0 Å². The third-order valence-electron chi connectivity index (χ3n) is 5.09. The van der Waals surface area contributed by atoms with Crippen molar-refractivity contribution in [1.82, 2.24) is 0 Å². The molecule has 0 spiro atoms. The maximum atomic E-state index is 12.7. The van der Waals surface area contributed by atoms with E-state index in [1.54, 1.807) is 7.11 Å². The quantitative estimate of drug-likeness (QED) is 0.679. The SMILES string of the molecule is COC(=O)CC1C/C(=C2/C(=O)Nc3ccccc32)c2ccc(OC)cc21. The number of amides is 1. The third kappa shape index (κ3) is 2.56. The van der Waals surface area contributed by atoms with E-state index in [0.717, 1.165) is 33.7 Å². The number of ether oxygens (including phenoxy) is 2. The second-order valence-corrected chi connectivity index (χ2v) is 6.49. The highest BCUT2D eigenvalue weighted by atomic mass is 16.5. The molecule has 4 rings (SSSR count). The summed E-state index contributed by atoms with van der Waals surface area (Å²) in [4.78, 5) is 24.5. The molecule has 5 nitrogen and oxygen atoms in total. The number of nitrogens with one attached hydrogen (secondary N) is 1. The number of para-hydroxylation sites is 1. The Bertz CT molecular complexity index is 945. The summed E-state index contributed by atoms with van der Waals surface area (Å²) in [6.45, 7) is 0. The zero-order valence-corrected chi connectivity index (χ0v) is 14.7. The topological polar surface area (TPSA) is 64.6 Å². The second kappa shape index (κ2) is 6.33. The van der Waals surface area contributed by atoms with Gasteiger partial charge in [0.2, 0.25) is 0 Å². The van der Waals surface area contributed by atoms with E-state index >= 15 is 0 Å². The van der Waals surface area contributed by atoms with Crippen LogP contribution in [0.1, 0.15) is 35.4 Å². The van der Waals surface area contributed by atoms with Crippen molar-refractivity contribution in [2.24, 2.45) is 0 Å². The van der Waals surface area contributed by atoms with Crippen LogP contribution in [0.25, 0.3) is 11.1 Å². The van der Waals surface area contributed by atoms with Gasteiger partial charge in [0.1, 0.15) is 5.75 Å². The van der Waals surface area contributed by atoms with Gasteiger partial charge in [0.25, 0.3) is 5.91 Å². The van der Waals surface area contributed by atoms with Crippen molar-refractivity contribution in [2.75, 3.05) is 19.5 Å². The molecule has 1 unspecified atom stereocenters. The van der Waals surface area contributed by atoms with Crippen LogP contribution in [0.3, 0.4) is 0 Å². The van der Waals surface area contributed by atoms with E-state index in [1.807, 2.05) is 42.5 Å². The van der Waals surface area contributed by atoms with Crippen molar-refractivity contribution in [3.8, 4) is 5.75 Å². The van der Waals surface area contributed by atoms with E-state index in [0.29, 0.717) is 12.0 Å². The number of hydrogen-bond acceptors (Lipinski definition) is 4. The predicted octanol–water partition coefficient (Wildman–Crippen LogP) is 3.61. The fourth-order valence-corrected chi connectivity index (χ4v) is 3.87. The van der Waals surface area contributed by atoms with Crippen LogP contribution < -0.4 is 10.1 Å². The van der Waals surface area contributed by atoms with Crippen LogP contribution in [0.5, 0.6) is 5.75 Å². The molecule has 5 heteroatoms. The molecule has 1 heterocycles. The lowest BCUT2D eigenvalue weighted by Gasteiger charge is -2.10. The molecule has 1 aliphatic heterocycles. The number of carbonyl (C=O) groups is 2. The van der Waals surface area contributed by atoms with Crippen LogP contribution in [0.4, 0.5) is 5.69 Å². The third-order valence-corrected chi connectivity index (χ3v) is 5.09. The molecule has 0 aromatic heterocycles. The number of allylic oxidation sites excluding steroid dienone is 1. The van der Waals surface area contributed by atoms with E-state index in [9.17, 15) is 9.59 Å². The van der Waals surface area contributed by atoms with Crippen LogP contribution in [0.15, 0.2) is 42.5 Å². The first-order valence-corrected chi connectivity index (χ1v) is 8.51. The molecule has 0 bridgehead atoms. The Morgan fingerprint density at radius 1 is 1.15 bits per heavy atom. The minimum atomic E-state index is -0.258. The Kier molecular flexibility index (Phi) is 3.99. The lowest BCUT2D eigenvalue weighted by molar-refractivity contribution is -0.141. The molecule has 2 aromatic carbocycles. The highest BCUT2D eigenvalue weighted by Crippen LogP contribution is 2.49. The molecule has 2 aliphatic rings. The van der Waals surface area contributed by atoms with E-state index in [2.05, 4.69) is 5.32 Å². The van der Waals surface area contributed by atoms with Gasteiger partial charge in [-0.05, 0) is 47.2 Å². The number of hydrogen-bond donors (Lipinski definition) is 1. The summed E-state index contributed by atoms with van der Waals surface area (Å²) in [5.41, 5.74) is 5.42. The molecule has 26 heavy (non-hydrogen) atoms. The molecule has 1 atom stereocenters. The van der Waals surface area contributed by atoms with Crippen LogP contribution in [-0.2, 0) is 14.3 Å². The van der Waals surface area contributed by atoms with Crippen molar-refractivity contribution in [1.29, 1.82) is 0 Å². The minimum Gasteiger partial charge on any atom is -0.497 e. The van der Waals surface area contributed by atoms with Gasteiger partial charge < -0.3 is 14.8 Å². The number of carbonyl (C=O) groups excluding carboxylic acids is 2. The van der Waals surface area contributed by atoms with Crippen molar-refractivity contribution in [3.63, 3.8) is 0 Å². The number of anilines is 1. The van der Waals surface area contributed by atoms with Gasteiger partial charge >= 0.3 is 5.97 Å². The Hall–Kier alpha value is -3.08. The van der Waals surface area contributed by atoms with Gasteiger partial charge in [-0.3, -0.25) is 9.59 Å². The highest BCUT2D eigenvalue weighted by Gasteiger charge is 2.35. The van der Waals surface area contributed by atoms with E-state index in [-0.39, 0.29) is 24.2 Å². The molecule has 0 radical (unpaired) electrons. The van der Waals surface area contributed by atoms with Gasteiger partial charge in [0.05, 0.1) is 26.2 Å². The highest BCUT2D eigenvalue weighted by molar-refractivity contribution is 6.37. The van der Waals surface area contributed by atoms with Crippen molar-refractivity contribution in [2.45, 2.75) is 18.8 Å². The van der Waals surface area contributed by atoms with Gasteiger partial charge in [-0.2, -0.15) is 0 Å². The summed E-state index contributed by atoms with van der Waals surface area (Å²) in [6, 6.07) is 13.5. The largest absolute Gasteiger partial charge is 0.497 e. The number of benzene rings is 2. The maximum absolute atomic E-state index is 12.7. The summed E-state index contributed by atoms with van der Waals surface area (Å²) in [7, 11) is 3.01. The normalized spacial score (nSPS) is 20.4. The fourth-order valence-electron chi connectivity index (χ4n) is 3.87.